The standard InChI is InChI=1S/C56H42N6/c57-34-35-19-22-52(61-50-23-20-41(39-11-3-1-4-12-39)29-45(50)46-30-42(21-24-51(46)61)40-13-5-2-6-14-40)47(28-35)53-58-54(56-31-36-25-37(32-56)27-38(26-36)33-56)60-55(59-53)62-48-17-9-7-15-43(48)44-16-8-10-18-49(44)62/h1-24,28-30,36-38H,25-27,31-33H2. The number of benzene rings is 7. The van der Waals surface area contributed by atoms with E-state index in [2.05, 4.69) is 167 Å². The molecule has 0 N–H and O–H groups in total. The van der Waals surface area contributed by atoms with Gasteiger partial charge in [0, 0.05) is 32.5 Å². The topological polar surface area (TPSA) is 72.3 Å². The van der Waals surface area contributed by atoms with Gasteiger partial charge in [0.05, 0.1) is 39.4 Å². The Labute approximate surface area is 359 Å². The molecule has 6 nitrogen and oxygen atoms in total. The van der Waals surface area contributed by atoms with Crippen molar-refractivity contribution in [2.45, 2.75) is 43.9 Å². The number of hydrogen-bond donors (Lipinski definition) is 0. The number of fused-ring (bicyclic) bond motifs is 6. The molecule has 0 spiro atoms. The summed E-state index contributed by atoms with van der Waals surface area (Å²) in [7, 11) is 0. The van der Waals surface area contributed by atoms with Crippen LogP contribution in [0.2, 0.25) is 0 Å². The molecule has 296 valence electrons. The van der Waals surface area contributed by atoms with Crippen LogP contribution in [0.4, 0.5) is 0 Å². The van der Waals surface area contributed by atoms with E-state index in [0.717, 1.165) is 98.1 Å². The SMILES string of the molecule is N#Cc1ccc(-n2c3ccc(-c4ccccc4)cc3c3cc(-c4ccccc4)ccc32)c(-c2nc(-n3c4ccccc4c4ccccc43)nc(C34CC5CC(CC(C5)C3)C4)n2)c1. The minimum absolute atomic E-state index is 0.0958. The van der Waals surface area contributed by atoms with Gasteiger partial charge in [-0.05, 0) is 133 Å². The van der Waals surface area contributed by atoms with E-state index in [9.17, 15) is 5.26 Å². The molecular weight excluding hydrogens is 757 g/mol. The molecule has 0 radical (unpaired) electrons. The van der Waals surface area contributed by atoms with Gasteiger partial charge in [0.15, 0.2) is 5.82 Å². The molecule has 7 aromatic carbocycles. The molecule has 0 unspecified atom stereocenters. The zero-order valence-corrected chi connectivity index (χ0v) is 34.2. The van der Waals surface area contributed by atoms with Gasteiger partial charge in [0.1, 0.15) is 5.82 Å². The minimum atomic E-state index is -0.0958. The normalized spacial score (nSPS) is 20.4. The second-order valence-electron chi connectivity index (χ2n) is 18.2. The highest BCUT2D eigenvalue weighted by molar-refractivity contribution is 6.12. The average molecular weight is 799 g/mol. The van der Waals surface area contributed by atoms with Crippen LogP contribution in [0.25, 0.3) is 88.9 Å². The van der Waals surface area contributed by atoms with Gasteiger partial charge in [-0.25, -0.2) is 4.98 Å². The van der Waals surface area contributed by atoms with E-state index >= 15 is 0 Å². The quantitative estimate of drug-likeness (QED) is 0.168. The van der Waals surface area contributed by atoms with Crippen molar-refractivity contribution in [2.24, 2.45) is 17.8 Å². The average Bonchev–Trinajstić information content (AvgIpc) is 3.83. The van der Waals surface area contributed by atoms with E-state index in [-0.39, 0.29) is 5.41 Å². The Morgan fingerprint density at radius 2 is 0.984 bits per heavy atom. The lowest BCUT2D eigenvalue weighted by Crippen LogP contribution is -2.49. The van der Waals surface area contributed by atoms with Crippen LogP contribution in [0.15, 0.2) is 164 Å². The van der Waals surface area contributed by atoms with E-state index < -0.39 is 0 Å². The summed E-state index contributed by atoms with van der Waals surface area (Å²) in [5, 5.41) is 15.1. The molecule has 0 aliphatic heterocycles. The first-order chi connectivity index (χ1) is 30.6. The fraction of sp³-hybridized carbons (Fsp3) is 0.179. The maximum atomic E-state index is 10.5. The first-order valence-corrected chi connectivity index (χ1v) is 22.1. The second-order valence-corrected chi connectivity index (χ2v) is 18.2. The molecule has 4 bridgehead atoms. The number of hydrogen-bond acceptors (Lipinski definition) is 4. The van der Waals surface area contributed by atoms with Gasteiger partial charge in [-0.3, -0.25) is 4.57 Å². The Hall–Kier alpha value is -7.36. The second kappa shape index (κ2) is 13.6. The van der Waals surface area contributed by atoms with E-state index in [1.165, 1.54) is 41.2 Å². The van der Waals surface area contributed by atoms with Crippen LogP contribution in [0.3, 0.4) is 0 Å². The van der Waals surface area contributed by atoms with E-state index in [4.69, 9.17) is 15.0 Å². The zero-order valence-electron chi connectivity index (χ0n) is 34.2. The predicted molar refractivity (Wildman–Crippen MR) is 249 cm³/mol. The first-order valence-electron chi connectivity index (χ1n) is 22.1. The largest absolute Gasteiger partial charge is 0.308 e. The molecule has 0 atom stereocenters. The van der Waals surface area contributed by atoms with E-state index in [1.807, 2.05) is 12.1 Å². The molecule has 3 aromatic heterocycles. The van der Waals surface area contributed by atoms with Crippen LogP contribution in [0.5, 0.6) is 0 Å². The highest BCUT2D eigenvalue weighted by Gasteiger charge is 2.53. The highest BCUT2D eigenvalue weighted by atomic mass is 15.2. The summed E-state index contributed by atoms with van der Waals surface area (Å²) in [5.41, 5.74) is 11.2. The molecule has 62 heavy (non-hydrogen) atoms. The summed E-state index contributed by atoms with van der Waals surface area (Å²) in [6.45, 7) is 0. The van der Waals surface area contributed by atoms with Gasteiger partial charge in [-0.2, -0.15) is 15.2 Å². The molecule has 10 aromatic rings. The van der Waals surface area contributed by atoms with Crippen molar-refractivity contribution in [3.8, 4) is 51.3 Å². The summed E-state index contributed by atoms with van der Waals surface area (Å²) < 4.78 is 4.60. The maximum Gasteiger partial charge on any atom is 0.238 e. The van der Waals surface area contributed by atoms with Gasteiger partial charge in [-0.1, -0.05) is 109 Å². The smallest absolute Gasteiger partial charge is 0.238 e. The van der Waals surface area contributed by atoms with Gasteiger partial charge in [-0.15, -0.1) is 0 Å². The van der Waals surface area contributed by atoms with Crippen molar-refractivity contribution in [1.82, 2.24) is 24.1 Å². The van der Waals surface area contributed by atoms with E-state index in [1.54, 1.807) is 0 Å². The van der Waals surface area contributed by atoms with Crippen molar-refractivity contribution in [1.29, 1.82) is 5.26 Å². The Bertz CT molecular complexity index is 3280. The Balaban J connectivity index is 1.09. The maximum absolute atomic E-state index is 10.5. The summed E-state index contributed by atoms with van der Waals surface area (Å²) in [6.07, 6.45) is 7.37. The molecule has 0 amide bonds. The summed E-state index contributed by atoms with van der Waals surface area (Å²) in [6, 6.07) is 60.5. The molecule has 0 saturated heterocycles. The van der Waals surface area contributed by atoms with Crippen LogP contribution in [-0.2, 0) is 5.41 Å². The first kappa shape index (κ1) is 35.4. The molecule has 3 heterocycles. The van der Waals surface area contributed by atoms with Crippen molar-refractivity contribution < 1.29 is 0 Å². The van der Waals surface area contributed by atoms with Crippen molar-refractivity contribution >= 4 is 43.6 Å². The van der Waals surface area contributed by atoms with Crippen LogP contribution in [0.1, 0.15) is 49.9 Å². The highest BCUT2D eigenvalue weighted by Crippen LogP contribution is 2.60. The molecule has 14 rings (SSSR count). The monoisotopic (exact) mass is 798 g/mol. The lowest BCUT2D eigenvalue weighted by atomic mass is 9.49. The number of para-hydroxylation sites is 2. The fourth-order valence-electron chi connectivity index (χ4n) is 12.2. The minimum Gasteiger partial charge on any atom is -0.308 e. The Kier molecular flexibility index (Phi) is 7.75. The molecule has 4 saturated carbocycles. The molecular formula is C56H42N6. The van der Waals surface area contributed by atoms with Crippen molar-refractivity contribution in [3.63, 3.8) is 0 Å². The number of nitrogens with zero attached hydrogens (tertiary/aromatic N) is 6. The van der Waals surface area contributed by atoms with Gasteiger partial charge < -0.3 is 4.57 Å². The van der Waals surface area contributed by atoms with Crippen LogP contribution in [0, 0.1) is 29.1 Å². The van der Waals surface area contributed by atoms with Crippen molar-refractivity contribution in [2.75, 3.05) is 0 Å². The van der Waals surface area contributed by atoms with Gasteiger partial charge in [0.2, 0.25) is 5.95 Å². The van der Waals surface area contributed by atoms with Crippen molar-refractivity contribution in [3.05, 3.63) is 175 Å². The predicted octanol–water partition coefficient (Wildman–Crippen LogP) is 13.4. The molecule has 6 heteroatoms. The molecule has 4 aliphatic rings. The summed E-state index contributed by atoms with van der Waals surface area (Å²) >= 11 is 0. The summed E-state index contributed by atoms with van der Waals surface area (Å²) in [4.78, 5) is 16.7. The Morgan fingerprint density at radius 1 is 0.468 bits per heavy atom. The fourth-order valence-corrected chi connectivity index (χ4v) is 12.2. The van der Waals surface area contributed by atoms with Crippen LogP contribution in [-0.4, -0.2) is 24.1 Å². The van der Waals surface area contributed by atoms with Gasteiger partial charge >= 0.3 is 0 Å². The van der Waals surface area contributed by atoms with E-state index in [0.29, 0.717) is 17.3 Å². The number of nitriles is 1. The van der Waals surface area contributed by atoms with Crippen LogP contribution >= 0.6 is 0 Å². The molecule has 4 fully saturated rings. The number of aromatic nitrogens is 5. The third-order valence-corrected chi connectivity index (χ3v) is 14.5. The zero-order chi connectivity index (χ0) is 40.9. The summed E-state index contributed by atoms with van der Waals surface area (Å²) in [5.74, 6) is 4.30. The molecule has 4 aliphatic carbocycles. The van der Waals surface area contributed by atoms with Gasteiger partial charge in [0.25, 0.3) is 0 Å². The van der Waals surface area contributed by atoms with Crippen LogP contribution < -0.4 is 0 Å². The third-order valence-electron chi connectivity index (χ3n) is 14.5. The Morgan fingerprint density at radius 3 is 1.53 bits per heavy atom. The number of rotatable bonds is 6. The lowest BCUT2D eigenvalue weighted by molar-refractivity contribution is -0.00944. The third kappa shape index (κ3) is 5.44. The lowest BCUT2D eigenvalue weighted by Gasteiger charge is -2.55.